The molecule has 0 aromatic heterocycles. The predicted octanol–water partition coefficient (Wildman–Crippen LogP) is 2.86. The lowest BCUT2D eigenvalue weighted by atomic mass is 9.99. The Kier molecular flexibility index (Phi) is 9.08. The Hall–Kier alpha value is -1.99. The molecule has 7 heteroatoms. The van der Waals surface area contributed by atoms with E-state index in [-0.39, 0.29) is 0 Å². The lowest BCUT2D eigenvalue weighted by Gasteiger charge is -2.32. The first-order valence-electron chi connectivity index (χ1n) is 11.2. The van der Waals surface area contributed by atoms with Gasteiger partial charge in [-0.25, -0.2) is 0 Å². The van der Waals surface area contributed by atoms with E-state index in [2.05, 4.69) is 29.3 Å². The average Bonchev–Trinajstić information content (AvgIpc) is 2.79. The molecule has 1 N–H and O–H groups in total. The third-order valence-electron chi connectivity index (χ3n) is 5.76. The van der Waals surface area contributed by atoms with Gasteiger partial charge in [0.15, 0.2) is 17.5 Å². The molecule has 7 nitrogen and oxygen atoms in total. The van der Waals surface area contributed by atoms with E-state index in [9.17, 15) is 0 Å². The number of ether oxygens (including phenoxy) is 4. The molecule has 0 atom stereocenters. The molecule has 2 aliphatic rings. The number of hydrogen-bond donors (Lipinski definition) is 1. The van der Waals surface area contributed by atoms with Gasteiger partial charge >= 0.3 is 0 Å². The van der Waals surface area contributed by atoms with Crippen LogP contribution < -0.4 is 14.8 Å². The number of rotatable bonds is 9. The Morgan fingerprint density at radius 2 is 1.90 bits per heavy atom. The molecular formula is C23H37N3O4. The summed E-state index contributed by atoms with van der Waals surface area (Å²) in [5.41, 5.74) is 2.59. The third-order valence-corrected chi connectivity index (χ3v) is 5.76. The lowest BCUT2D eigenvalue weighted by Crippen LogP contribution is -2.44. The number of hydrogen-bond acceptors (Lipinski definition) is 5. The Balaban J connectivity index is 1.50. The van der Waals surface area contributed by atoms with Crippen molar-refractivity contribution in [3.63, 3.8) is 0 Å². The van der Waals surface area contributed by atoms with Crippen LogP contribution in [0.1, 0.15) is 37.3 Å². The van der Waals surface area contributed by atoms with E-state index in [1.807, 2.05) is 0 Å². The molecule has 0 radical (unpaired) electrons. The standard InChI is InChI=1S/C23H37N3O4/c1-4-24-23(25-9-5-11-30-17-18-7-12-29-13-8-18)26-10-6-19-14-21(27-2)22(28-3)15-20(19)16-26/h14-15,18H,4-13,16-17H2,1-3H3,(H,24,25). The topological polar surface area (TPSA) is 64.6 Å². The van der Waals surface area contributed by atoms with Gasteiger partial charge in [0.05, 0.1) is 14.2 Å². The number of nitrogens with one attached hydrogen (secondary N) is 1. The predicted molar refractivity (Wildman–Crippen MR) is 119 cm³/mol. The van der Waals surface area contributed by atoms with Gasteiger partial charge in [-0.2, -0.15) is 0 Å². The Bertz CT molecular complexity index is 689. The van der Waals surface area contributed by atoms with Gasteiger partial charge in [0.2, 0.25) is 0 Å². The van der Waals surface area contributed by atoms with Crippen molar-refractivity contribution < 1.29 is 18.9 Å². The molecule has 0 saturated carbocycles. The van der Waals surface area contributed by atoms with Gasteiger partial charge in [-0.3, -0.25) is 4.99 Å². The van der Waals surface area contributed by atoms with Crippen LogP contribution in [-0.4, -0.2) is 71.1 Å². The number of guanidine groups is 1. The van der Waals surface area contributed by atoms with Gasteiger partial charge < -0.3 is 29.2 Å². The molecule has 1 aromatic carbocycles. The molecule has 0 bridgehead atoms. The second-order valence-corrected chi connectivity index (χ2v) is 7.87. The van der Waals surface area contributed by atoms with Crippen LogP contribution in [0.4, 0.5) is 0 Å². The largest absolute Gasteiger partial charge is 0.493 e. The van der Waals surface area contributed by atoms with E-state index < -0.39 is 0 Å². The van der Waals surface area contributed by atoms with E-state index in [0.29, 0.717) is 5.92 Å². The summed E-state index contributed by atoms with van der Waals surface area (Å²) in [5.74, 6) is 3.21. The van der Waals surface area contributed by atoms with E-state index in [4.69, 9.17) is 23.9 Å². The molecule has 0 aliphatic carbocycles. The smallest absolute Gasteiger partial charge is 0.194 e. The second-order valence-electron chi connectivity index (χ2n) is 7.87. The van der Waals surface area contributed by atoms with Gasteiger partial charge in [-0.1, -0.05) is 0 Å². The summed E-state index contributed by atoms with van der Waals surface area (Å²) in [7, 11) is 3.36. The van der Waals surface area contributed by atoms with E-state index in [0.717, 1.165) is 95.7 Å². The van der Waals surface area contributed by atoms with Crippen molar-refractivity contribution in [3.05, 3.63) is 23.3 Å². The zero-order chi connectivity index (χ0) is 21.2. The molecule has 30 heavy (non-hydrogen) atoms. The molecule has 2 aliphatic heterocycles. The van der Waals surface area contributed by atoms with E-state index >= 15 is 0 Å². The zero-order valence-electron chi connectivity index (χ0n) is 18.7. The molecule has 0 spiro atoms. The van der Waals surface area contributed by atoms with Crippen molar-refractivity contribution in [2.75, 3.05) is 60.3 Å². The van der Waals surface area contributed by atoms with Crippen LogP contribution in [0, 0.1) is 5.92 Å². The molecule has 1 saturated heterocycles. The maximum absolute atomic E-state index is 5.87. The van der Waals surface area contributed by atoms with Crippen molar-refractivity contribution in [1.82, 2.24) is 10.2 Å². The van der Waals surface area contributed by atoms with Crippen LogP contribution in [0.5, 0.6) is 11.5 Å². The first-order valence-corrected chi connectivity index (χ1v) is 11.2. The van der Waals surface area contributed by atoms with Crippen LogP contribution in [0.2, 0.25) is 0 Å². The van der Waals surface area contributed by atoms with Gasteiger partial charge in [-0.05, 0) is 61.8 Å². The highest BCUT2D eigenvalue weighted by Gasteiger charge is 2.21. The number of benzene rings is 1. The van der Waals surface area contributed by atoms with Crippen LogP contribution in [-0.2, 0) is 22.4 Å². The first kappa shape index (κ1) is 22.7. The second kappa shape index (κ2) is 12.0. The van der Waals surface area contributed by atoms with Crippen LogP contribution in [0.3, 0.4) is 0 Å². The minimum absolute atomic E-state index is 0.656. The number of aliphatic imine (C=N–C) groups is 1. The van der Waals surface area contributed by atoms with Crippen LogP contribution in [0.15, 0.2) is 17.1 Å². The highest BCUT2D eigenvalue weighted by molar-refractivity contribution is 5.80. The fourth-order valence-electron chi connectivity index (χ4n) is 4.00. The van der Waals surface area contributed by atoms with Crippen molar-refractivity contribution in [1.29, 1.82) is 0 Å². The summed E-state index contributed by atoms with van der Waals surface area (Å²) >= 11 is 0. The number of nitrogens with zero attached hydrogens (tertiary/aromatic N) is 2. The maximum Gasteiger partial charge on any atom is 0.194 e. The van der Waals surface area contributed by atoms with Crippen molar-refractivity contribution >= 4 is 5.96 Å². The normalized spacial score (nSPS) is 17.6. The quantitative estimate of drug-likeness (QED) is 0.377. The fourth-order valence-corrected chi connectivity index (χ4v) is 4.00. The van der Waals surface area contributed by atoms with Crippen molar-refractivity contribution in [2.24, 2.45) is 10.9 Å². The molecule has 2 heterocycles. The average molecular weight is 420 g/mol. The SMILES string of the molecule is CCNC(=NCCCOCC1CCOCC1)N1CCc2cc(OC)c(OC)cc2C1. The monoisotopic (exact) mass is 419 g/mol. The maximum atomic E-state index is 5.87. The van der Waals surface area contributed by atoms with Gasteiger partial charge in [0, 0.05) is 52.6 Å². The van der Waals surface area contributed by atoms with Crippen LogP contribution in [0.25, 0.3) is 0 Å². The number of methoxy groups -OCH3 is 2. The van der Waals surface area contributed by atoms with Crippen LogP contribution >= 0.6 is 0 Å². The highest BCUT2D eigenvalue weighted by atomic mass is 16.5. The molecule has 1 fully saturated rings. The summed E-state index contributed by atoms with van der Waals surface area (Å²) in [5, 5.41) is 3.44. The minimum atomic E-state index is 0.656. The third kappa shape index (κ3) is 6.25. The molecule has 1 aromatic rings. The summed E-state index contributed by atoms with van der Waals surface area (Å²) in [4.78, 5) is 7.17. The van der Waals surface area contributed by atoms with E-state index in [1.54, 1.807) is 14.2 Å². The Morgan fingerprint density at radius 1 is 1.17 bits per heavy atom. The van der Waals surface area contributed by atoms with E-state index in [1.165, 1.54) is 11.1 Å². The van der Waals surface area contributed by atoms with Gasteiger partial charge in [0.25, 0.3) is 0 Å². The van der Waals surface area contributed by atoms with Gasteiger partial charge in [0.1, 0.15) is 0 Å². The molecular weight excluding hydrogens is 382 g/mol. The fraction of sp³-hybridized carbons (Fsp3) is 0.696. The minimum Gasteiger partial charge on any atom is -0.493 e. The summed E-state index contributed by atoms with van der Waals surface area (Å²) in [6.45, 7) is 8.86. The van der Waals surface area contributed by atoms with Gasteiger partial charge in [-0.15, -0.1) is 0 Å². The Morgan fingerprint density at radius 3 is 2.60 bits per heavy atom. The summed E-state index contributed by atoms with van der Waals surface area (Å²) < 4.78 is 22.2. The Labute approximate surface area is 180 Å². The molecule has 0 amide bonds. The highest BCUT2D eigenvalue weighted by Crippen LogP contribution is 2.33. The summed E-state index contributed by atoms with van der Waals surface area (Å²) in [6.07, 6.45) is 4.15. The lowest BCUT2D eigenvalue weighted by molar-refractivity contribution is 0.0205. The molecule has 168 valence electrons. The first-order chi connectivity index (χ1) is 14.7. The summed E-state index contributed by atoms with van der Waals surface area (Å²) in [6, 6.07) is 4.19. The molecule has 3 rings (SSSR count). The zero-order valence-corrected chi connectivity index (χ0v) is 18.7. The number of fused-ring (bicyclic) bond motifs is 1. The van der Waals surface area contributed by atoms with Crippen molar-refractivity contribution in [2.45, 2.75) is 39.2 Å². The molecule has 0 unspecified atom stereocenters. The van der Waals surface area contributed by atoms with Crippen molar-refractivity contribution in [3.8, 4) is 11.5 Å².